The molecule has 0 radical (unpaired) electrons. The van der Waals surface area contributed by atoms with Crippen LogP contribution in [0.1, 0.15) is 25.5 Å². The number of benzene rings is 1. The number of furan rings is 1. The van der Waals surface area contributed by atoms with Crippen LogP contribution in [0.2, 0.25) is 0 Å². The van der Waals surface area contributed by atoms with Crippen molar-refractivity contribution in [3.05, 3.63) is 48.4 Å². The Hall–Kier alpha value is -1.79. The molecule has 108 valence electrons. The Kier molecular flexibility index (Phi) is 4.46. The number of hydrogen-bond donors (Lipinski definition) is 2. The lowest BCUT2D eigenvalue weighted by molar-refractivity contribution is 0.562. The molecule has 0 amide bonds. The summed E-state index contributed by atoms with van der Waals surface area (Å²) < 4.78 is 31.8. The van der Waals surface area contributed by atoms with Crippen molar-refractivity contribution in [3.63, 3.8) is 0 Å². The van der Waals surface area contributed by atoms with Gasteiger partial charge in [0.2, 0.25) is 10.0 Å². The molecule has 20 heavy (non-hydrogen) atoms. The fraction of sp³-hybridized carbons (Fsp3) is 0.286. The zero-order valence-electron chi connectivity index (χ0n) is 11.5. The number of nitrogens with one attached hydrogen (secondary N) is 2. The average Bonchev–Trinajstić information content (AvgIpc) is 2.93. The third-order valence-corrected chi connectivity index (χ3v) is 4.53. The second kappa shape index (κ2) is 6.11. The van der Waals surface area contributed by atoms with Gasteiger partial charge in [0.25, 0.3) is 0 Å². The predicted octanol–water partition coefficient (Wildman–Crippen LogP) is 2.75. The molecule has 0 spiro atoms. The summed E-state index contributed by atoms with van der Waals surface area (Å²) in [5.41, 5.74) is 1.53. The largest absolute Gasteiger partial charge is 0.472 e. The molecular formula is C14H18N2O3S. The molecule has 1 aromatic carbocycles. The predicted molar refractivity (Wildman–Crippen MR) is 78.1 cm³/mol. The first-order valence-electron chi connectivity index (χ1n) is 6.42. The molecule has 0 aliphatic carbocycles. The fourth-order valence-electron chi connectivity index (χ4n) is 1.93. The SMILES string of the molecule is CCNS(=O)(=O)c1ccccc1NC(C)c1ccoc1. The van der Waals surface area contributed by atoms with Gasteiger partial charge in [-0.25, -0.2) is 13.1 Å². The molecule has 0 saturated heterocycles. The molecule has 0 saturated carbocycles. The molecule has 2 aromatic rings. The van der Waals surface area contributed by atoms with Crippen molar-refractivity contribution in [2.24, 2.45) is 0 Å². The number of rotatable bonds is 6. The first-order chi connectivity index (χ1) is 9.54. The van der Waals surface area contributed by atoms with Crippen LogP contribution >= 0.6 is 0 Å². The zero-order valence-corrected chi connectivity index (χ0v) is 12.3. The molecule has 1 atom stereocenters. The van der Waals surface area contributed by atoms with E-state index in [1.165, 1.54) is 0 Å². The van der Waals surface area contributed by atoms with Crippen molar-refractivity contribution in [2.75, 3.05) is 11.9 Å². The van der Waals surface area contributed by atoms with E-state index < -0.39 is 10.0 Å². The fourth-order valence-corrected chi connectivity index (χ4v) is 3.14. The summed E-state index contributed by atoms with van der Waals surface area (Å²) in [6.07, 6.45) is 3.23. The van der Waals surface area contributed by atoms with Gasteiger partial charge >= 0.3 is 0 Å². The number of para-hydroxylation sites is 1. The quantitative estimate of drug-likeness (QED) is 0.859. The van der Waals surface area contributed by atoms with Crippen molar-refractivity contribution < 1.29 is 12.8 Å². The monoisotopic (exact) mass is 294 g/mol. The Morgan fingerprint density at radius 1 is 1.25 bits per heavy atom. The maximum absolute atomic E-state index is 12.2. The second-order valence-electron chi connectivity index (χ2n) is 4.42. The smallest absolute Gasteiger partial charge is 0.242 e. The number of sulfonamides is 1. The van der Waals surface area contributed by atoms with Gasteiger partial charge in [0, 0.05) is 12.1 Å². The molecular weight excluding hydrogens is 276 g/mol. The van der Waals surface area contributed by atoms with Crippen LogP contribution < -0.4 is 10.0 Å². The van der Waals surface area contributed by atoms with Crippen molar-refractivity contribution in [1.29, 1.82) is 0 Å². The Morgan fingerprint density at radius 2 is 2.00 bits per heavy atom. The maximum Gasteiger partial charge on any atom is 0.242 e. The van der Waals surface area contributed by atoms with Gasteiger partial charge in [-0.05, 0) is 25.1 Å². The van der Waals surface area contributed by atoms with Crippen LogP contribution in [0, 0.1) is 0 Å². The van der Waals surface area contributed by atoms with Crippen LogP contribution in [0.4, 0.5) is 5.69 Å². The molecule has 2 rings (SSSR count). The molecule has 2 N–H and O–H groups in total. The minimum atomic E-state index is -3.49. The molecule has 0 aliphatic heterocycles. The molecule has 5 nitrogen and oxygen atoms in total. The van der Waals surface area contributed by atoms with Crippen LogP contribution in [0.15, 0.2) is 52.2 Å². The first kappa shape index (κ1) is 14.6. The van der Waals surface area contributed by atoms with Crippen molar-refractivity contribution in [3.8, 4) is 0 Å². The summed E-state index contributed by atoms with van der Waals surface area (Å²) >= 11 is 0. The highest BCUT2D eigenvalue weighted by Gasteiger charge is 2.18. The van der Waals surface area contributed by atoms with Crippen LogP contribution in [-0.4, -0.2) is 15.0 Å². The standard InChI is InChI=1S/C14H18N2O3S/c1-3-15-20(17,18)14-7-5-4-6-13(14)16-11(2)12-8-9-19-10-12/h4-11,15-16H,3H2,1-2H3. The third-order valence-electron chi connectivity index (χ3n) is 2.93. The maximum atomic E-state index is 12.2. The topological polar surface area (TPSA) is 71.3 Å². The highest BCUT2D eigenvalue weighted by atomic mass is 32.2. The molecule has 1 aromatic heterocycles. The van der Waals surface area contributed by atoms with Crippen LogP contribution in [0.5, 0.6) is 0 Å². The van der Waals surface area contributed by atoms with E-state index in [4.69, 9.17) is 4.42 Å². The Bertz CT molecular complexity index is 651. The normalized spacial score (nSPS) is 13.1. The highest BCUT2D eigenvalue weighted by molar-refractivity contribution is 7.89. The molecule has 1 unspecified atom stereocenters. The number of hydrogen-bond acceptors (Lipinski definition) is 4. The van der Waals surface area contributed by atoms with Gasteiger partial charge in [-0.1, -0.05) is 19.1 Å². The van der Waals surface area contributed by atoms with Gasteiger partial charge in [-0.2, -0.15) is 0 Å². The van der Waals surface area contributed by atoms with Crippen molar-refractivity contribution >= 4 is 15.7 Å². The Balaban J connectivity index is 2.29. The molecule has 0 bridgehead atoms. The molecule has 6 heteroatoms. The van der Waals surface area contributed by atoms with Gasteiger partial charge < -0.3 is 9.73 Å². The zero-order chi connectivity index (χ0) is 14.6. The molecule has 0 aliphatic rings. The van der Waals surface area contributed by atoms with Crippen LogP contribution in [0.3, 0.4) is 0 Å². The van der Waals surface area contributed by atoms with E-state index in [1.807, 2.05) is 13.0 Å². The summed E-state index contributed by atoms with van der Waals surface area (Å²) in [7, 11) is -3.49. The number of anilines is 1. The minimum Gasteiger partial charge on any atom is -0.472 e. The highest BCUT2D eigenvalue weighted by Crippen LogP contribution is 2.25. The van der Waals surface area contributed by atoms with E-state index in [0.717, 1.165) is 5.56 Å². The van der Waals surface area contributed by atoms with E-state index in [2.05, 4.69) is 10.0 Å². The lowest BCUT2D eigenvalue weighted by Gasteiger charge is -2.17. The lowest BCUT2D eigenvalue weighted by Crippen LogP contribution is -2.24. The van der Waals surface area contributed by atoms with Gasteiger partial charge in [0.05, 0.1) is 24.3 Å². The van der Waals surface area contributed by atoms with Crippen molar-refractivity contribution in [1.82, 2.24) is 4.72 Å². The summed E-state index contributed by atoms with van der Waals surface area (Å²) in [5, 5.41) is 3.20. The van der Waals surface area contributed by atoms with Gasteiger partial charge in [-0.15, -0.1) is 0 Å². The molecule has 0 fully saturated rings. The summed E-state index contributed by atoms with van der Waals surface area (Å²) in [4.78, 5) is 0.247. The van der Waals surface area contributed by atoms with Crippen molar-refractivity contribution in [2.45, 2.75) is 24.8 Å². The van der Waals surface area contributed by atoms with Crippen LogP contribution in [-0.2, 0) is 10.0 Å². The van der Waals surface area contributed by atoms with E-state index >= 15 is 0 Å². The summed E-state index contributed by atoms with van der Waals surface area (Å²) in [6.45, 7) is 4.05. The minimum absolute atomic E-state index is 0.0493. The molecule has 1 heterocycles. The van der Waals surface area contributed by atoms with Gasteiger partial charge in [-0.3, -0.25) is 0 Å². The van der Waals surface area contributed by atoms with E-state index in [1.54, 1.807) is 43.7 Å². The van der Waals surface area contributed by atoms with E-state index in [9.17, 15) is 8.42 Å². The van der Waals surface area contributed by atoms with Crippen LogP contribution in [0.25, 0.3) is 0 Å². The summed E-state index contributed by atoms with van der Waals surface area (Å²) in [5.74, 6) is 0. The Labute approximate surface area is 119 Å². The average molecular weight is 294 g/mol. The van der Waals surface area contributed by atoms with Gasteiger partial charge in [0.15, 0.2) is 0 Å². The summed E-state index contributed by atoms with van der Waals surface area (Å²) in [6, 6.07) is 8.64. The second-order valence-corrected chi connectivity index (χ2v) is 6.16. The first-order valence-corrected chi connectivity index (χ1v) is 7.90. The van der Waals surface area contributed by atoms with E-state index in [-0.39, 0.29) is 10.9 Å². The third kappa shape index (κ3) is 3.20. The van der Waals surface area contributed by atoms with E-state index in [0.29, 0.717) is 12.2 Å². The lowest BCUT2D eigenvalue weighted by atomic mass is 10.1. The van der Waals surface area contributed by atoms with Gasteiger partial charge in [0.1, 0.15) is 4.90 Å². The Morgan fingerprint density at radius 3 is 2.65 bits per heavy atom.